The molecule has 2 rings (SSSR count). The molecule has 1 aliphatic rings. The van der Waals surface area contributed by atoms with E-state index in [-0.39, 0.29) is 0 Å². The Kier molecular flexibility index (Phi) is 3.55. The Morgan fingerprint density at radius 1 is 1.38 bits per heavy atom. The van der Waals surface area contributed by atoms with Gasteiger partial charge in [0.2, 0.25) is 0 Å². The zero-order valence-electron chi connectivity index (χ0n) is 9.82. The van der Waals surface area contributed by atoms with Gasteiger partial charge in [-0.2, -0.15) is 5.26 Å². The Bertz CT molecular complexity index is 382. The lowest BCUT2D eigenvalue weighted by Crippen LogP contribution is -2.09. The molecule has 16 heavy (non-hydrogen) atoms. The van der Waals surface area contributed by atoms with Gasteiger partial charge in [0.25, 0.3) is 0 Å². The fourth-order valence-corrected chi connectivity index (χ4v) is 2.56. The molecule has 1 saturated carbocycles. The largest absolute Gasteiger partial charge is 0.251 e. The third kappa shape index (κ3) is 2.41. The second kappa shape index (κ2) is 5.11. The standard InChI is InChI=1S/C12H18N4/c1-16-12(11(9-13)14-15-16)8-7-10-5-3-2-4-6-10/h10H,2-8H2,1H3. The first-order chi connectivity index (χ1) is 7.81. The third-order valence-electron chi connectivity index (χ3n) is 3.56. The molecule has 0 saturated heterocycles. The summed E-state index contributed by atoms with van der Waals surface area (Å²) in [6.07, 6.45) is 8.97. The highest BCUT2D eigenvalue weighted by Crippen LogP contribution is 2.27. The number of nitrogens with zero attached hydrogens (tertiary/aromatic N) is 4. The number of hydrogen-bond donors (Lipinski definition) is 0. The molecule has 4 heteroatoms. The summed E-state index contributed by atoms with van der Waals surface area (Å²) < 4.78 is 1.74. The predicted molar refractivity (Wildman–Crippen MR) is 60.6 cm³/mol. The molecule has 0 radical (unpaired) electrons. The average molecular weight is 218 g/mol. The van der Waals surface area contributed by atoms with E-state index in [1.165, 1.54) is 38.5 Å². The van der Waals surface area contributed by atoms with Gasteiger partial charge >= 0.3 is 0 Å². The molecule has 0 spiro atoms. The van der Waals surface area contributed by atoms with Crippen molar-refractivity contribution in [2.75, 3.05) is 0 Å². The summed E-state index contributed by atoms with van der Waals surface area (Å²) in [6.45, 7) is 0. The van der Waals surface area contributed by atoms with Crippen LogP contribution in [-0.4, -0.2) is 15.0 Å². The summed E-state index contributed by atoms with van der Waals surface area (Å²) >= 11 is 0. The van der Waals surface area contributed by atoms with Crippen LogP contribution in [0.2, 0.25) is 0 Å². The first-order valence-electron chi connectivity index (χ1n) is 6.10. The molecule has 0 atom stereocenters. The van der Waals surface area contributed by atoms with Crippen LogP contribution in [0.3, 0.4) is 0 Å². The Labute approximate surface area is 96.3 Å². The zero-order valence-corrected chi connectivity index (χ0v) is 9.82. The van der Waals surface area contributed by atoms with Gasteiger partial charge in [0.1, 0.15) is 6.07 Å². The van der Waals surface area contributed by atoms with E-state index in [9.17, 15) is 0 Å². The SMILES string of the molecule is Cn1nnc(C#N)c1CCC1CCCCC1. The highest BCUT2D eigenvalue weighted by molar-refractivity contribution is 5.24. The Morgan fingerprint density at radius 3 is 2.81 bits per heavy atom. The van der Waals surface area contributed by atoms with E-state index in [0.717, 1.165) is 18.0 Å². The van der Waals surface area contributed by atoms with Crippen LogP contribution in [0.1, 0.15) is 49.9 Å². The van der Waals surface area contributed by atoms with Crippen molar-refractivity contribution in [3.05, 3.63) is 11.4 Å². The normalized spacial score (nSPS) is 17.2. The van der Waals surface area contributed by atoms with Gasteiger partial charge in [-0.1, -0.05) is 37.3 Å². The molecule has 1 fully saturated rings. The minimum atomic E-state index is 0.498. The first-order valence-corrected chi connectivity index (χ1v) is 6.10. The van der Waals surface area contributed by atoms with E-state index in [1.54, 1.807) is 4.68 Å². The number of rotatable bonds is 3. The fraction of sp³-hybridized carbons (Fsp3) is 0.750. The maximum atomic E-state index is 8.90. The van der Waals surface area contributed by atoms with Crippen LogP contribution >= 0.6 is 0 Å². The summed E-state index contributed by atoms with van der Waals surface area (Å²) in [5.74, 6) is 0.843. The Hall–Kier alpha value is -1.37. The maximum absolute atomic E-state index is 8.90. The van der Waals surface area contributed by atoms with Crippen LogP contribution in [0.25, 0.3) is 0 Å². The van der Waals surface area contributed by atoms with Crippen molar-refractivity contribution in [3.8, 4) is 6.07 Å². The van der Waals surface area contributed by atoms with Gasteiger partial charge in [-0.15, -0.1) is 5.10 Å². The van der Waals surface area contributed by atoms with E-state index in [4.69, 9.17) is 5.26 Å². The van der Waals surface area contributed by atoms with Crippen molar-refractivity contribution in [3.63, 3.8) is 0 Å². The van der Waals surface area contributed by atoms with E-state index >= 15 is 0 Å². The first kappa shape index (κ1) is 11.1. The second-order valence-electron chi connectivity index (χ2n) is 4.66. The fourth-order valence-electron chi connectivity index (χ4n) is 2.56. The van der Waals surface area contributed by atoms with Crippen LogP contribution in [0, 0.1) is 17.2 Å². The molecule has 1 aromatic rings. The van der Waals surface area contributed by atoms with Crippen molar-refractivity contribution in [1.29, 1.82) is 5.26 Å². The quantitative estimate of drug-likeness (QED) is 0.781. The maximum Gasteiger partial charge on any atom is 0.185 e. The van der Waals surface area contributed by atoms with Gasteiger partial charge in [-0.05, 0) is 18.8 Å². The van der Waals surface area contributed by atoms with Gasteiger partial charge in [0.15, 0.2) is 5.69 Å². The van der Waals surface area contributed by atoms with Crippen molar-refractivity contribution in [2.24, 2.45) is 13.0 Å². The highest BCUT2D eigenvalue weighted by atomic mass is 15.4. The minimum absolute atomic E-state index is 0.498. The molecule has 0 aromatic carbocycles. The number of nitriles is 1. The third-order valence-corrected chi connectivity index (χ3v) is 3.56. The topological polar surface area (TPSA) is 54.5 Å². The molecule has 0 amide bonds. The molecule has 0 N–H and O–H groups in total. The minimum Gasteiger partial charge on any atom is -0.251 e. The van der Waals surface area contributed by atoms with Crippen LogP contribution in [0.15, 0.2) is 0 Å². The van der Waals surface area contributed by atoms with E-state index in [0.29, 0.717) is 5.69 Å². The van der Waals surface area contributed by atoms with Crippen LogP contribution in [-0.2, 0) is 13.5 Å². The molecular formula is C12H18N4. The van der Waals surface area contributed by atoms with Gasteiger partial charge in [-0.3, -0.25) is 4.68 Å². The lowest BCUT2D eigenvalue weighted by atomic mass is 9.85. The Morgan fingerprint density at radius 2 is 2.12 bits per heavy atom. The highest BCUT2D eigenvalue weighted by Gasteiger charge is 2.16. The molecular weight excluding hydrogens is 200 g/mol. The summed E-state index contributed by atoms with van der Waals surface area (Å²) in [5.41, 5.74) is 1.49. The Balaban J connectivity index is 1.93. The van der Waals surface area contributed by atoms with Crippen molar-refractivity contribution in [2.45, 2.75) is 44.9 Å². The lowest BCUT2D eigenvalue weighted by molar-refractivity contribution is 0.337. The summed E-state index contributed by atoms with van der Waals surface area (Å²) in [7, 11) is 1.87. The molecule has 86 valence electrons. The molecule has 1 aliphatic carbocycles. The molecule has 0 bridgehead atoms. The van der Waals surface area contributed by atoms with E-state index < -0.39 is 0 Å². The van der Waals surface area contributed by atoms with Crippen molar-refractivity contribution < 1.29 is 0 Å². The van der Waals surface area contributed by atoms with Gasteiger partial charge < -0.3 is 0 Å². The molecule has 0 aliphatic heterocycles. The lowest BCUT2D eigenvalue weighted by Gasteiger charge is -2.21. The van der Waals surface area contributed by atoms with Crippen LogP contribution in [0.4, 0.5) is 0 Å². The zero-order chi connectivity index (χ0) is 11.4. The summed E-state index contributed by atoms with van der Waals surface area (Å²) in [6, 6.07) is 2.11. The predicted octanol–water partition coefficient (Wildman–Crippen LogP) is 2.20. The second-order valence-corrected chi connectivity index (χ2v) is 4.66. The number of aromatic nitrogens is 3. The van der Waals surface area contributed by atoms with E-state index in [1.807, 2.05) is 7.05 Å². The molecule has 4 nitrogen and oxygen atoms in total. The average Bonchev–Trinajstić information content (AvgIpc) is 2.69. The number of aryl methyl sites for hydroxylation is 1. The van der Waals surface area contributed by atoms with Gasteiger partial charge in [-0.25, -0.2) is 0 Å². The molecule has 1 heterocycles. The summed E-state index contributed by atoms with van der Waals surface area (Å²) in [4.78, 5) is 0. The van der Waals surface area contributed by atoms with Crippen LogP contribution < -0.4 is 0 Å². The smallest absolute Gasteiger partial charge is 0.185 e. The van der Waals surface area contributed by atoms with Crippen molar-refractivity contribution >= 4 is 0 Å². The van der Waals surface area contributed by atoms with E-state index in [2.05, 4.69) is 16.4 Å². The van der Waals surface area contributed by atoms with Gasteiger partial charge in [0, 0.05) is 7.05 Å². The monoisotopic (exact) mass is 218 g/mol. The van der Waals surface area contributed by atoms with Gasteiger partial charge in [0.05, 0.1) is 5.69 Å². The number of hydrogen-bond acceptors (Lipinski definition) is 3. The summed E-state index contributed by atoms with van der Waals surface area (Å²) in [5, 5.41) is 16.6. The van der Waals surface area contributed by atoms with Crippen LogP contribution in [0.5, 0.6) is 0 Å². The molecule has 1 aromatic heterocycles. The molecule has 0 unspecified atom stereocenters. The van der Waals surface area contributed by atoms with Crippen molar-refractivity contribution in [1.82, 2.24) is 15.0 Å².